The molecule has 1 heterocycles. The summed E-state index contributed by atoms with van der Waals surface area (Å²) in [5, 5.41) is 6.07. The third kappa shape index (κ3) is 5.60. The first-order chi connectivity index (χ1) is 11.0. The summed E-state index contributed by atoms with van der Waals surface area (Å²) in [4.78, 5) is 25.7. The van der Waals surface area contributed by atoms with Crippen LogP contribution in [0.15, 0.2) is 22.7 Å². The molecule has 23 heavy (non-hydrogen) atoms. The molecule has 6 nitrogen and oxygen atoms in total. The van der Waals surface area contributed by atoms with Gasteiger partial charge in [0.25, 0.3) is 0 Å². The monoisotopic (exact) mass is 383 g/mol. The van der Waals surface area contributed by atoms with E-state index in [1.807, 2.05) is 25.1 Å². The molecule has 1 aromatic rings. The maximum Gasteiger partial charge on any atom is 0.243 e. The van der Waals surface area contributed by atoms with Gasteiger partial charge in [-0.1, -0.05) is 15.9 Å². The number of rotatable bonds is 5. The summed E-state index contributed by atoms with van der Waals surface area (Å²) in [5.74, 6) is -0.283. The number of nitrogens with one attached hydrogen (secondary N) is 2. The molecule has 0 radical (unpaired) electrons. The highest BCUT2D eigenvalue weighted by Gasteiger charge is 2.20. The Balaban J connectivity index is 1.82. The molecule has 1 saturated heterocycles. The Bertz CT molecular complexity index is 574. The van der Waals surface area contributed by atoms with E-state index in [1.54, 1.807) is 7.05 Å². The van der Waals surface area contributed by atoms with Crippen molar-refractivity contribution in [3.8, 4) is 0 Å². The van der Waals surface area contributed by atoms with Crippen LogP contribution in [0.3, 0.4) is 0 Å². The van der Waals surface area contributed by atoms with Crippen molar-refractivity contribution in [2.75, 3.05) is 38.7 Å². The van der Waals surface area contributed by atoms with Crippen molar-refractivity contribution in [2.24, 2.45) is 0 Å². The number of nitrogens with zero attached hydrogens (tertiary/aromatic N) is 1. The summed E-state index contributed by atoms with van der Waals surface area (Å²) in [7, 11) is 1.64. The molecule has 0 aliphatic carbocycles. The number of likely N-dealkylation sites (N-methyl/N-ethyl adjacent to an activating group) is 1. The van der Waals surface area contributed by atoms with Gasteiger partial charge in [-0.25, -0.2) is 0 Å². The van der Waals surface area contributed by atoms with Crippen molar-refractivity contribution in [3.63, 3.8) is 0 Å². The summed E-state index contributed by atoms with van der Waals surface area (Å²) in [5.41, 5.74) is 1.71. The van der Waals surface area contributed by atoms with Gasteiger partial charge in [0.2, 0.25) is 11.8 Å². The van der Waals surface area contributed by atoms with Crippen LogP contribution < -0.4 is 10.6 Å². The number of halogens is 1. The first-order valence-electron chi connectivity index (χ1n) is 7.57. The molecule has 126 valence electrons. The first kappa shape index (κ1) is 17.9. The summed E-state index contributed by atoms with van der Waals surface area (Å²) >= 11 is 3.39. The largest absolute Gasteiger partial charge is 0.378 e. The van der Waals surface area contributed by atoms with Crippen molar-refractivity contribution in [1.29, 1.82) is 0 Å². The molecule has 1 unspecified atom stereocenters. The zero-order valence-corrected chi connectivity index (χ0v) is 15.0. The van der Waals surface area contributed by atoms with Crippen molar-refractivity contribution in [2.45, 2.75) is 19.4 Å². The molecule has 0 saturated carbocycles. The van der Waals surface area contributed by atoms with Crippen molar-refractivity contribution < 1.29 is 14.3 Å². The number of hydrogen-bond acceptors (Lipinski definition) is 4. The second-order valence-electron chi connectivity index (χ2n) is 5.69. The van der Waals surface area contributed by atoms with E-state index in [-0.39, 0.29) is 24.4 Å². The van der Waals surface area contributed by atoms with Gasteiger partial charge in [-0.3, -0.25) is 9.59 Å². The standard InChI is InChI=1S/C16H22BrN3O3/c1-11-7-12(17)3-4-14(11)19-15(21)9-20(2)16(22)8-13-10-23-6-5-18-13/h3-4,7,13,18H,5-6,8-10H2,1-2H3,(H,19,21). The summed E-state index contributed by atoms with van der Waals surface area (Å²) < 4.78 is 6.29. The van der Waals surface area contributed by atoms with Crippen LogP contribution in [0.4, 0.5) is 5.69 Å². The van der Waals surface area contributed by atoms with Gasteiger partial charge in [0, 0.05) is 36.2 Å². The molecule has 0 spiro atoms. The van der Waals surface area contributed by atoms with E-state index < -0.39 is 0 Å². The summed E-state index contributed by atoms with van der Waals surface area (Å²) in [6.45, 7) is 3.91. The lowest BCUT2D eigenvalue weighted by atomic mass is 10.2. The third-order valence-corrected chi connectivity index (χ3v) is 4.18. The molecule has 0 aromatic heterocycles. The number of carbonyl (C=O) groups is 2. The molecular weight excluding hydrogens is 362 g/mol. The number of carbonyl (C=O) groups excluding carboxylic acids is 2. The zero-order chi connectivity index (χ0) is 16.8. The highest BCUT2D eigenvalue weighted by molar-refractivity contribution is 9.10. The van der Waals surface area contributed by atoms with E-state index in [9.17, 15) is 9.59 Å². The fraction of sp³-hybridized carbons (Fsp3) is 0.500. The molecule has 2 N–H and O–H groups in total. The number of ether oxygens (including phenoxy) is 1. The lowest BCUT2D eigenvalue weighted by molar-refractivity contribution is -0.134. The Hall–Kier alpha value is -1.44. The van der Waals surface area contributed by atoms with Gasteiger partial charge in [-0.05, 0) is 30.7 Å². The molecule has 0 bridgehead atoms. The predicted octanol–water partition coefficient (Wildman–Crippen LogP) is 1.53. The molecular formula is C16H22BrN3O3. The quantitative estimate of drug-likeness (QED) is 0.808. The highest BCUT2D eigenvalue weighted by Crippen LogP contribution is 2.19. The number of anilines is 1. The van der Waals surface area contributed by atoms with Gasteiger partial charge in [-0.2, -0.15) is 0 Å². The fourth-order valence-corrected chi connectivity index (χ4v) is 2.85. The Morgan fingerprint density at radius 3 is 2.91 bits per heavy atom. The van der Waals surface area contributed by atoms with Crippen LogP contribution in [-0.4, -0.2) is 56.1 Å². The first-order valence-corrected chi connectivity index (χ1v) is 8.36. The molecule has 1 aliphatic rings. The van der Waals surface area contributed by atoms with E-state index in [4.69, 9.17) is 4.74 Å². The topological polar surface area (TPSA) is 70.7 Å². The minimum atomic E-state index is -0.209. The van der Waals surface area contributed by atoms with E-state index in [1.165, 1.54) is 4.90 Å². The molecule has 1 atom stereocenters. The smallest absolute Gasteiger partial charge is 0.243 e. The van der Waals surface area contributed by atoms with Crippen molar-refractivity contribution in [1.82, 2.24) is 10.2 Å². The Morgan fingerprint density at radius 1 is 1.48 bits per heavy atom. The second-order valence-corrected chi connectivity index (χ2v) is 6.60. The zero-order valence-electron chi connectivity index (χ0n) is 13.4. The van der Waals surface area contributed by atoms with Gasteiger partial charge in [0.05, 0.1) is 19.8 Å². The van der Waals surface area contributed by atoms with Crippen LogP contribution in [0.1, 0.15) is 12.0 Å². The molecule has 7 heteroatoms. The van der Waals surface area contributed by atoms with Crippen molar-refractivity contribution >= 4 is 33.4 Å². The van der Waals surface area contributed by atoms with Gasteiger partial charge in [0.15, 0.2) is 0 Å². The molecule has 1 fully saturated rings. The van der Waals surface area contributed by atoms with E-state index in [2.05, 4.69) is 26.6 Å². The highest BCUT2D eigenvalue weighted by atomic mass is 79.9. The van der Waals surface area contributed by atoms with Gasteiger partial charge in [-0.15, -0.1) is 0 Å². The van der Waals surface area contributed by atoms with Gasteiger partial charge >= 0.3 is 0 Å². The number of hydrogen-bond donors (Lipinski definition) is 2. The lowest BCUT2D eigenvalue weighted by Gasteiger charge is -2.25. The summed E-state index contributed by atoms with van der Waals surface area (Å²) in [6.07, 6.45) is 0.334. The van der Waals surface area contributed by atoms with Crippen LogP contribution >= 0.6 is 15.9 Å². The van der Waals surface area contributed by atoms with Crippen LogP contribution in [0.5, 0.6) is 0 Å². The Labute approximate surface area is 144 Å². The minimum absolute atomic E-state index is 0.0236. The van der Waals surface area contributed by atoms with Crippen LogP contribution in [0.25, 0.3) is 0 Å². The number of benzene rings is 1. The second kappa shape index (κ2) is 8.42. The molecule has 2 rings (SSSR count). The molecule has 2 amide bonds. The maximum atomic E-state index is 12.2. The van der Waals surface area contributed by atoms with E-state index in [0.717, 1.165) is 22.3 Å². The minimum Gasteiger partial charge on any atom is -0.378 e. The molecule has 1 aliphatic heterocycles. The predicted molar refractivity (Wildman–Crippen MR) is 92.4 cm³/mol. The number of amides is 2. The number of aryl methyl sites for hydroxylation is 1. The fourth-order valence-electron chi connectivity index (χ4n) is 2.38. The molecule has 1 aromatic carbocycles. The van der Waals surface area contributed by atoms with Crippen LogP contribution in [0.2, 0.25) is 0 Å². The van der Waals surface area contributed by atoms with E-state index in [0.29, 0.717) is 19.6 Å². The lowest BCUT2D eigenvalue weighted by Crippen LogP contribution is -2.45. The van der Waals surface area contributed by atoms with Crippen LogP contribution in [-0.2, 0) is 14.3 Å². The maximum absolute atomic E-state index is 12.2. The Kier molecular flexibility index (Phi) is 6.56. The van der Waals surface area contributed by atoms with Gasteiger partial charge in [0.1, 0.15) is 0 Å². The van der Waals surface area contributed by atoms with Gasteiger partial charge < -0.3 is 20.3 Å². The number of morpholine rings is 1. The summed E-state index contributed by atoms with van der Waals surface area (Å²) in [6, 6.07) is 5.66. The van der Waals surface area contributed by atoms with Crippen LogP contribution in [0, 0.1) is 6.92 Å². The third-order valence-electron chi connectivity index (χ3n) is 3.69. The Morgan fingerprint density at radius 2 is 2.26 bits per heavy atom. The average Bonchev–Trinajstić information content (AvgIpc) is 2.51. The normalized spacial score (nSPS) is 17.6. The average molecular weight is 384 g/mol. The van der Waals surface area contributed by atoms with E-state index >= 15 is 0 Å². The SMILES string of the molecule is Cc1cc(Br)ccc1NC(=O)CN(C)C(=O)CC1COCCN1. The van der Waals surface area contributed by atoms with Crippen molar-refractivity contribution in [3.05, 3.63) is 28.2 Å².